The Kier molecular flexibility index (Phi) is 2.68. The van der Waals surface area contributed by atoms with Crippen molar-refractivity contribution >= 4 is 21.7 Å². The average Bonchev–Trinajstić information content (AvgIpc) is 2.14. The van der Waals surface area contributed by atoms with Gasteiger partial charge in [-0.2, -0.15) is 0 Å². The van der Waals surface area contributed by atoms with Gasteiger partial charge >= 0.3 is 0 Å². The van der Waals surface area contributed by atoms with Crippen LogP contribution in [0.15, 0.2) is 17.0 Å². The lowest BCUT2D eigenvalue weighted by atomic mass is 9.80. The molecule has 1 aromatic heterocycles. The molecular formula is C10H15BrN4. The maximum atomic E-state index is 6.22. The summed E-state index contributed by atoms with van der Waals surface area (Å²) in [6, 6.07) is 0. The first-order valence-corrected chi connectivity index (χ1v) is 5.81. The Bertz CT molecular complexity index is 360. The molecule has 0 saturated carbocycles. The third kappa shape index (κ3) is 1.86. The first-order chi connectivity index (χ1) is 7.03. The number of nitrogens with two attached hydrogens (primary N) is 1. The van der Waals surface area contributed by atoms with Crippen molar-refractivity contribution in [3.8, 4) is 0 Å². The summed E-state index contributed by atoms with van der Waals surface area (Å²) in [5.74, 6) is 1.43. The largest absolute Gasteiger partial charge is 0.352 e. The molecule has 5 heteroatoms. The molecule has 82 valence electrons. The molecule has 0 bridgehead atoms. The third-order valence-electron chi connectivity index (χ3n) is 3.07. The zero-order valence-corrected chi connectivity index (χ0v) is 10.5. The maximum Gasteiger partial charge on any atom is 0.146 e. The van der Waals surface area contributed by atoms with Crippen LogP contribution < -0.4 is 10.6 Å². The summed E-state index contributed by atoms with van der Waals surface area (Å²) in [6.45, 7) is 6.04. The highest BCUT2D eigenvalue weighted by Crippen LogP contribution is 2.33. The standard InChI is InChI=1S/C10H15BrN4/c1-7(2)10(12)4-15(5-10)9-8(11)3-13-6-14-9/h3,6-7H,4-5,12H2,1-2H3. The van der Waals surface area contributed by atoms with Crippen LogP contribution in [0, 0.1) is 5.92 Å². The highest BCUT2D eigenvalue weighted by molar-refractivity contribution is 9.10. The molecule has 0 spiro atoms. The lowest BCUT2D eigenvalue weighted by Crippen LogP contribution is -2.70. The van der Waals surface area contributed by atoms with E-state index >= 15 is 0 Å². The van der Waals surface area contributed by atoms with Crippen molar-refractivity contribution in [1.29, 1.82) is 0 Å². The molecule has 1 fully saturated rings. The predicted octanol–water partition coefficient (Wildman–Crippen LogP) is 1.41. The number of anilines is 1. The van der Waals surface area contributed by atoms with Crippen LogP contribution in [0.5, 0.6) is 0 Å². The van der Waals surface area contributed by atoms with Gasteiger partial charge in [-0.25, -0.2) is 9.97 Å². The molecule has 2 heterocycles. The Labute approximate surface area is 98.0 Å². The molecule has 2 rings (SSSR count). The van der Waals surface area contributed by atoms with Crippen LogP contribution in [0.4, 0.5) is 5.82 Å². The molecule has 0 amide bonds. The van der Waals surface area contributed by atoms with Crippen LogP contribution in [0.25, 0.3) is 0 Å². The molecule has 1 saturated heterocycles. The van der Waals surface area contributed by atoms with Gasteiger partial charge in [0.2, 0.25) is 0 Å². The summed E-state index contributed by atoms with van der Waals surface area (Å²) >= 11 is 3.44. The van der Waals surface area contributed by atoms with E-state index in [1.54, 1.807) is 12.5 Å². The Hall–Kier alpha value is -0.680. The van der Waals surface area contributed by atoms with E-state index in [4.69, 9.17) is 5.73 Å². The molecule has 15 heavy (non-hydrogen) atoms. The quantitative estimate of drug-likeness (QED) is 0.883. The average molecular weight is 271 g/mol. The molecule has 1 aliphatic heterocycles. The highest BCUT2D eigenvalue weighted by Gasteiger charge is 2.42. The van der Waals surface area contributed by atoms with Gasteiger partial charge in [0, 0.05) is 19.3 Å². The van der Waals surface area contributed by atoms with Gasteiger partial charge in [-0.15, -0.1) is 0 Å². The number of halogens is 1. The second kappa shape index (κ2) is 3.72. The lowest BCUT2D eigenvalue weighted by molar-refractivity contribution is 0.243. The van der Waals surface area contributed by atoms with Gasteiger partial charge < -0.3 is 10.6 Å². The summed E-state index contributed by atoms with van der Waals surface area (Å²) in [7, 11) is 0. The fourth-order valence-electron chi connectivity index (χ4n) is 1.72. The van der Waals surface area contributed by atoms with E-state index in [0.717, 1.165) is 23.4 Å². The normalized spacial score (nSPS) is 19.1. The minimum absolute atomic E-state index is 0.0651. The summed E-state index contributed by atoms with van der Waals surface area (Å²) in [5.41, 5.74) is 6.16. The number of aromatic nitrogens is 2. The van der Waals surface area contributed by atoms with Crippen molar-refractivity contribution in [2.45, 2.75) is 19.4 Å². The van der Waals surface area contributed by atoms with Gasteiger partial charge in [-0.3, -0.25) is 0 Å². The van der Waals surface area contributed by atoms with Gasteiger partial charge in [0.25, 0.3) is 0 Å². The Morgan fingerprint density at radius 1 is 1.53 bits per heavy atom. The van der Waals surface area contributed by atoms with Crippen LogP contribution in [0.3, 0.4) is 0 Å². The van der Waals surface area contributed by atoms with Gasteiger partial charge in [-0.05, 0) is 21.8 Å². The maximum absolute atomic E-state index is 6.22. The molecule has 1 aromatic rings. The smallest absolute Gasteiger partial charge is 0.146 e. The molecule has 0 unspecified atom stereocenters. The molecule has 0 radical (unpaired) electrons. The van der Waals surface area contributed by atoms with E-state index in [0.29, 0.717) is 5.92 Å². The van der Waals surface area contributed by atoms with Gasteiger partial charge in [0.05, 0.1) is 10.0 Å². The summed E-state index contributed by atoms with van der Waals surface area (Å²) < 4.78 is 0.927. The number of hydrogen-bond donors (Lipinski definition) is 1. The summed E-state index contributed by atoms with van der Waals surface area (Å²) in [6.07, 6.45) is 3.32. The molecule has 0 aromatic carbocycles. The Morgan fingerprint density at radius 3 is 2.73 bits per heavy atom. The molecule has 0 atom stereocenters. The van der Waals surface area contributed by atoms with E-state index in [1.165, 1.54) is 0 Å². The molecule has 0 aliphatic carbocycles. The van der Waals surface area contributed by atoms with Crippen molar-refractivity contribution in [3.05, 3.63) is 17.0 Å². The highest BCUT2D eigenvalue weighted by atomic mass is 79.9. The number of hydrogen-bond acceptors (Lipinski definition) is 4. The first kappa shape index (κ1) is 10.8. The van der Waals surface area contributed by atoms with Crippen molar-refractivity contribution in [2.24, 2.45) is 11.7 Å². The zero-order valence-electron chi connectivity index (χ0n) is 8.94. The van der Waals surface area contributed by atoms with Crippen molar-refractivity contribution < 1.29 is 0 Å². The van der Waals surface area contributed by atoms with Gasteiger partial charge in [-0.1, -0.05) is 13.8 Å². The fourth-order valence-corrected chi connectivity index (χ4v) is 2.19. The minimum Gasteiger partial charge on any atom is -0.352 e. The van der Waals surface area contributed by atoms with Crippen molar-refractivity contribution in [1.82, 2.24) is 9.97 Å². The van der Waals surface area contributed by atoms with E-state index in [2.05, 4.69) is 44.6 Å². The van der Waals surface area contributed by atoms with Crippen molar-refractivity contribution in [2.75, 3.05) is 18.0 Å². The van der Waals surface area contributed by atoms with E-state index < -0.39 is 0 Å². The fraction of sp³-hybridized carbons (Fsp3) is 0.600. The molecule has 2 N–H and O–H groups in total. The van der Waals surface area contributed by atoms with Gasteiger partial charge in [0.1, 0.15) is 12.1 Å². The third-order valence-corrected chi connectivity index (χ3v) is 3.63. The molecule has 4 nitrogen and oxygen atoms in total. The van der Waals surface area contributed by atoms with Crippen LogP contribution in [-0.2, 0) is 0 Å². The summed E-state index contributed by atoms with van der Waals surface area (Å²) in [4.78, 5) is 10.4. The Morgan fingerprint density at radius 2 is 2.20 bits per heavy atom. The lowest BCUT2D eigenvalue weighted by Gasteiger charge is -2.51. The van der Waals surface area contributed by atoms with Crippen molar-refractivity contribution in [3.63, 3.8) is 0 Å². The topological polar surface area (TPSA) is 55.0 Å². The van der Waals surface area contributed by atoms with Crippen LogP contribution in [-0.4, -0.2) is 28.6 Å². The van der Waals surface area contributed by atoms with Crippen LogP contribution in [0.1, 0.15) is 13.8 Å². The molecule has 1 aliphatic rings. The molecular weight excluding hydrogens is 256 g/mol. The number of nitrogens with zero attached hydrogens (tertiary/aromatic N) is 3. The second-order valence-electron chi connectivity index (χ2n) is 4.44. The SMILES string of the molecule is CC(C)C1(N)CN(c2ncncc2Br)C1. The number of rotatable bonds is 2. The van der Waals surface area contributed by atoms with Gasteiger partial charge in [0.15, 0.2) is 0 Å². The predicted molar refractivity (Wildman–Crippen MR) is 63.7 cm³/mol. The zero-order chi connectivity index (χ0) is 11.1. The summed E-state index contributed by atoms with van der Waals surface area (Å²) in [5, 5.41) is 0. The monoisotopic (exact) mass is 270 g/mol. The van der Waals surface area contributed by atoms with E-state index in [-0.39, 0.29) is 5.54 Å². The van der Waals surface area contributed by atoms with Crippen LogP contribution >= 0.6 is 15.9 Å². The van der Waals surface area contributed by atoms with Crippen LogP contribution in [0.2, 0.25) is 0 Å². The Balaban J connectivity index is 2.10. The minimum atomic E-state index is -0.0651. The second-order valence-corrected chi connectivity index (χ2v) is 5.29. The van der Waals surface area contributed by atoms with E-state index in [1.807, 2.05) is 0 Å². The van der Waals surface area contributed by atoms with E-state index in [9.17, 15) is 0 Å². The first-order valence-electron chi connectivity index (χ1n) is 5.02.